The highest BCUT2D eigenvalue weighted by Gasteiger charge is 2.36. The molecular formula is C13H13F3N8OS. The van der Waals surface area contributed by atoms with E-state index in [9.17, 15) is 18.0 Å². The summed E-state index contributed by atoms with van der Waals surface area (Å²) in [6, 6.07) is 0.368. The normalized spacial score (nSPS) is 13.0. The number of aromatic amines is 1. The van der Waals surface area contributed by atoms with Crippen molar-refractivity contribution in [1.29, 1.82) is 0 Å². The largest absolute Gasteiger partial charge is 0.433 e. The Morgan fingerprint density at radius 2 is 2.15 bits per heavy atom. The van der Waals surface area contributed by atoms with Gasteiger partial charge in [0.2, 0.25) is 11.1 Å². The smallest absolute Gasteiger partial charge is 0.367 e. The zero-order chi connectivity index (χ0) is 19.1. The second kappa shape index (κ2) is 6.40. The average molecular weight is 386 g/mol. The Labute approximate surface area is 148 Å². The van der Waals surface area contributed by atoms with Crippen LogP contribution in [0.5, 0.6) is 0 Å². The van der Waals surface area contributed by atoms with Crippen LogP contribution in [0.1, 0.15) is 40.7 Å². The SMILES string of the molecule is Cc1cc(C(F)(F)F)n(-c2nc(C(=O)N[C@@H](C)c3nc(N)n[nH]3)cs2)n1. The molecule has 138 valence electrons. The first kappa shape index (κ1) is 17.8. The van der Waals surface area contributed by atoms with Gasteiger partial charge in [0.1, 0.15) is 11.5 Å². The average Bonchev–Trinajstić information content (AvgIpc) is 3.24. The number of H-pyrrole nitrogens is 1. The molecule has 26 heavy (non-hydrogen) atoms. The zero-order valence-electron chi connectivity index (χ0n) is 13.5. The molecule has 9 nitrogen and oxygen atoms in total. The third-order valence-electron chi connectivity index (χ3n) is 3.31. The number of halogens is 3. The number of nitrogens with one attached hydrogen (secondary N) is 2. The summed E-state index contributed by atoms with van der Waals surface area (Å²) in [6.45, 7) is 3.08. The summed E-state index contributed by atoms with van der Waals surface area (Å²) in [5.74, 6) is -0.202. The Morgan fingerprint density at radius 1 is 1.42 bits per heavy atom. The number of nitrogens with two attached hydrogens (primary N) is 1. The van der Waals surface area contributed by atoms with Crippen LogP contribution >= 0.6 is 11.3 Å². The van der Waals surface area contributed by atoms with Gasteiger partial charge in [0.25, 0.3) is 5.91 Å². The minimum absolute atomic E-state index is 0.0331. The zero-order valence-corrected chi connectivity index (χ0v) is 14.3. The van der Waals surface area contributed by atoms with Crippen LogP contribution in [0.15, 0.2) is 11.4 Å². The van der Waals surface area contributed by atoms with Crippen molar-refractivity contribution in [2.45, 2.75) is 26.1 Å². The van der Waals surface area contributed by atoms with Gasteiger partial charge in [0.15, 0.2) is 5.69 Å². The van der Waals surface area contributed by atoms with Crippen molar-refractivity contribution in [3.63, 3.8) is 0 Å². The van der Waals surface area contributed by atoms with Crippen LogP contribution in [-0.2, 0) is 6.18 Å². The van der Waals surface area contributed by atoms with Crippen molar-refractivity contribution in [2.75, 3.05) is 5.73 Å². The molecule has 0 aliphatic rings. The Bertz CT molecular complexity index is 943. The molecule has 13 heteroatoms. The molecule has 0 fully saturated rings. The van der Waals surface area contributed by atoms with Gasteiger partial charge in [-0.05, 0) is 19.9 Å². The molecular weight excluding hydrogens is 373 g/mol. The summed E-state index contributed by atoms with van der Waals surface area (Å²) in [5, 5.41) is 13.9. The van der Waals surface area contributed by atoms with Crippen LogP contribution in [0.25, 0.3) is 5.13 Å². The number of alkyl halides is 3. The maximum absolute atomic E-state index is 13.1. The van der Waals surface area contributed by atoms with Gasteiger partial charge < -0.3 is 11.1 Å². The van der Waals surface area contributed by atoms with Gasteiger partial charge in [-0.2, -0.15) is 23.3 Å². The summed E-state index contributed by atoms with van der Waals surface area (Å²) in [4.78, 5) is 20.1. The van der Waals surface area contributed by atoms with Gasteiger partial charge >= 0.3 is 6.18 Å². The fourth-order valence-corrected chi connectivity index (χ4v) is 2.90. The molecule has 0 saturated heterocycles. The van der Waals surface area contributed by atoms with E-state index >= 15 is 0 Å². The van der Waals surface area contributed by atoms with E-state index in [0.29, 0.717) is 10.5 Å². The molecule has 0 aliphatic heterocycles. The number of aryl methyl sites for hydroxylation is 1. The molecule has 0 radical (unpaired) electrons. The van der Waals surface area contributed by atoms with E-state index in [1.54, 1.807) is 6.92 Å². The predicted octanol–water partition coefficient (Wildman–Crippen LogP) is 1.85. The number of hydrogen-bond donors (Lipinski definition) is 3. The lowest BCUT2D eigenvalue weighted by Crippen LogP contribution is -2.27. The number of carbonyl (C=O) groups excluding carboxylic acids is 1. The summed E-state index contributed by atoms with van der Waals surface area (Å²) in [7, 11) is 0. The molecule has 0 bridgehead atoms. The lowest BCUT2D eigenvalue weighted by atomic mass is 10.3. The first-order chi connectivity index (χ1) is 12.1. The maximum atomic E-state index is 13.1. The Hall–Kier alpha value is -2.96. The molecule has 1 atom stereocenters. The Morgan fingerprint density at radius 3 is 2.77 bits per heavy atom. The van der Waals surface area contributed by atoms with Crippen LogP contribution in [0.3, 0.4) is 0 Å². The summed E-state index contributed by atoms with van der Waals surface area (Å²) in [6.07, 6.45) is -4.59. The molecule has 3 aromatic rings. The number of hydrogen-bond acceptors (Lipinski definition) is 7. The standard InChI is InChI=1S/C13H13F3N8OS/c1-5-3-8(13(14,15)16)24(23-5)12-19-7(4-26-12)10(25)18-6(2)9-20-11(17)22-21-9/h3-4,6H,1-2H3,(H,18,25)(H3,17,20,21,22)/t6-/m0/s1. The molecule has 0 aromatic carbocycles. The van der Waals surface area contributed by atoms with E-state index in [-0.39, 0.29) is 22.5 Å². The van der Waals surface area contributed by atoms with E-state index < -0.39 is 23.8 Å². The molecule has 4 N–H and O–H groups in total. The summed E-state index contributed by atoms with van der Waals surface area (Å²) in [5.41, 5.74) is 4.60. The molecule has 0 spiro atoms. The second-order valence-corrected chi connectivity index (χ2v) is 6.21. The molecule has 3 aromatic heterocycles. The fourth-order valence-electron chi connectivity index (χ4n) is 2.13. The summed E-state index contributed by atoms with van der Waals surface area (Å²) >= 11 is 0.874. The van der Waals surface area contributed by atoms with Crippen molar-refractivity contribution in [3.8, 4) is 5.13 Å². The van der Waals surface area contributed by atoms with Crippen molar-refractivity contribution in [2.24, 2.45) is 0 Å². The van der Waals surface area contributed by atoms with Crippen LogP contribution in [0, 0.1) is 6.92 Å². The minimum atomic E-state index is -4.59. The third-order valence-corrected chi connectivity index (χ3v) is 4.12. The third kappa shape index (κ3) is 3.51. The number of nitrogen functional groups attached to an aromatic ring is 1. The first-order valence-electron chi connectivity index (χ1n) is 7.23. The van der Waals surface area contributed by atoms with E-state index in [1.807, 2.05) is 0 Å². The number of rotatable bonds is 4. The second-order valence-electron chi connectivity index (χ2n) is 5.37. The van der Waals surface area contributed by atoms with Gasteiger partial charge in [-0.15, -0.1) is 16.4 Å². The molecule has 0 saturated carbocycles. The number of thiazole rings is 1. The summed E-state index contributed by atoms with van der Waals surface area (Å²) < 4.78 is 39.9. The van der Waals surface area contributed by atoms with Gasteiger partial charge in [-0.1, -0.05) is 0 Å². The van der Waals surface area contributed by atoms with E-state index in [2.05, 4.69) is 30.6 Å². The Kier molecular flexibility index (Phi) is 4.39. The maximum Gasteiger partial charge on any atom is 0.433 e. The van der Waals surface area contributed by atoms with Crippen molar-refractivity contribution in [1.82, 2.24) is 35.3 Å². The molecule has 0 aliphatic carbocycles. The lowest BCUT2D eigenvalue weighted by Gasteiger charge is -2.09. The molecule has 1 amide bonds. The number of nitrogens with zero attached hydrogens (tertiary/aromatic N) is 5. The Balaban J connectivity index is 1.81. The van der Waals surface area contributed by atoms with Gasteiger partial charge in [-0.25, -0.2) is 9.67 Å². The number of anilines is 1. The first-order valence-corrected chi connectivity index (χ1v) is 8.11. The van der Waals surface area contributed by atoms with E-state index in [1.165, 1.54) is 12.3 Å². The number of aromatic nitrogens is 6. The van der Waals surface area contributed by atoms with Gasteiger partial charge in [0, 0.05) is 5.38 Å². The van der Waals surface area contributed by atoms with Crippen molar-refractivity contribution < 1.29 is 18.0 Å². The van der Waals surface area contributed by atoms with Crippen LogP contribution in [-0.4, -0.2) is 35.9 Å². The van der Waals surface area contributed by atoms with Crippen LogP contribution in [0.2, 0.25) is 0 Å². The van der Waals surface area contributed by atoms with E-state index in [0.717, 1.165) is 17.4 Å². The van der Waals surface area contributed by atoms with Crippen LogP contribution < -0.4 is 11.1 Å². The van der Waals surface area contributed by atoms with Crippen molar-refractivity contribution >= 4 is 23.2 Å². The van der Waals surface area contributed by atoms with Gasteiger partial charge in [0.05, 0.1) is 11.7 Å². The molecule has 0 unspecified atom stereocenters. The quantitative estimate of drug-likeness (QED) is 0.628. The highest BCUT2D eigenvalue weighted by molar-refractivity contribution is 7.12. The topological polar surface area (TPSA) is 127 Å². The van der Waals surface area contributed by atoms with Gasteiger partial charge in [-0.3, -0.25) is 9.89 Å². The lowest BCUT2D eigenvalue weighted by molar-refractivity contribution is -0.142. The molecule has 3 heterocycles. The fraction of sp³-hybridized carbons (Fsp3) is 0.308. The predicted molar refractivity (Wildman–Crippen MR) is 85.7 cm³/mol. The molecule has 3 rings (SSSR count). The number of carbonyl (C=O) groups is 1. The number of amides is 1. The van der Waals surface area contributed by atoms with E-state index in [4.69, 9.17) is 5.73 Å². The highest BCUT2D eigenvalue weighted by Crippen LogP contribution is 2.32. The van der Waals surface area contributed by atoms with Crippen molar-refractivity contribution in [3.05, 3.63) is 34.4 Å². The highest BCUT2D eigenvalue weighted by atomic mass is 32.1. The van der Waals surface area contributed by atoms with Crippen LogP contribution in [0.4, 0.5) is 19.1 Å². The monoisotopic (exact) mass is 386 g/mol. The minimum Gasteiger partial charge on any atom is -0.367 e.